The highest BCUT2D eigenvalue weighted by atomic mass is 19.2. The first-order chi connectivity index (χ1) is 11.5. The standard InChI is InChI=1S/C16H14F3N3O2/c1-9-2-5-13(21-20-9)24-10-6-7-22(8-10)16(23)11-3-4-12(17)15(19)14(11)18/h2-5,10H,6-8H2,1H3/t10-/m0/s1. The van der Waals surface area contributed by atoms with Gasteiger partial charge >= 0.3 is 0 Å². The van der Waals surface area contributed by atoms with Crippen molar-refractivity contribution < 1.29 is 22.7 Å². The molecule has 3 rings (SSSR count). The fourth-order valence-electron chi connectivity index (χ4n) is 2.49. The zero-order valence-corrected chi connectivity index (χ0v) is 12.8. The molecule has 5 nitrogen and oxygen atoms in total. The number of nitrogens with zero attached hydrogens (tertiary/aromatic N) is 3. The van der Waals surface area contributed by atoms with Crippen LogP contribution >= 0.6 is 0 Å². The van der Waals surface area contributed by atoms with Crippen molar-refractivity contribution in [2.24, 2.45) is 0 Å². The Kier molecular flexibility index (Phi) is 4.37. The number of aryl methyl sites for hydroxylation is 1. The molecule has 0 saturated carbocycles. The summed E-state index contributed by atoms with van der Waals surface area (Å²) in [5.41, 5.74) is 0.254. The van der Waals surface area contributed by atoms with Crippen LogP contribution in [0.25, 0.3) is 0 Å². The van der Waals surface area contributed by atoms with E-state index in [2.05, 4.69) is 10.2 Å². The number of carbonyl (C=O) groups excluding carboxylic acids is 1. The average molecular weight is 337 g/mol. The molecule has 0 bridgehead atoms. The van der Waals surface area contributed by atoms with Crippen molar-refractivity contribution in [1.29, 1.82) is 0 Å². The van der Waals surface area contributed by atoms with E-state index in [9.17, 15) is 18.0 Å². The van der Waals surface area contributed by atoms with Crippen molar-refractivity contribution in [3.63, 3.8) is 0 Å². The van der Waals surface area contributed by atoms with Gasteiger partial charge in [-0.3, -0.25) is 4.79 Å². The van der Waals surface area contributed by atoms with Gasteiger partial charge in [-0.15, -0.1) is 5.10 Å². The molecule has 1 fully saturated rings. The molecule has 8 heteroatoms. The monoisotopic (exact) mass is 337 g/mol. The van der Waals surface area contributed by atoms with E-state index in [1.54, 1.807) is 19.1 Å². The molecule has 24 heavy (non-hydrogen) atoms. The van der Waals surface area contributed by atoms with Crippen LogP contribution in [0.4, 0.5) is 13.2 Å². The van der Waals surface area contributed by atoms with E-state index in [0.717, 1.165) is 17.8 Å². The van der Waals surface area contributed by atoms with Crippen molar-refractivity contribution in [2.45, 2.75) is 19.4 Å². The molecule has 1 amide bonds. The Balaban J connectivity index is 1.68. The first-order valence-electron chi connectivity index (χ1n) is 7.35. The van der Waals surface area contributed by atoms with E-state index in [4.69, 9.17) is 4.74 Å². The Hall–Kier alpha value is -2.64. The van der Waals surface area contributed by atoms with Crippen LogP contribution in [0.1, 0.15) is 22.5 Å². The van der Waals surface area contributed by atoms with E-state index < -0.39 is 28.9 Å². The third kappa shape index (κ3) is 3.17. The molecule has 1 aliphatic heterocycles. The van der Waals surface area contributed by atoms with E-state index >= 15 is 0 Å². The zero-order valence-electron chi connectivity index (χ0n) is 12.8. The second kappa shape index (κ2) is 6.46. The van der Waals surface area contributed by atoms with Crippen molar-refractivity contribution in [3.05, 3.63) is 53.0 Å². The molecule has 1 aromatic heterocycles. The Bertz CT molecular complexity index is 768. The third-order valence-electron chi connectivity index (χ3n) is 3.76. The van der Waals surface area contributed by atoms with Gasteiger partial charge in [0.05, 0.1) is 17.8 Å². The van der Waals surface area contributed by atoms with Crippen molar-refractivity contribution >= 4 is 5.91 Å². The highest BCUT2D eigenvalue weighted by Crippen LogP contribution is 2.21. The quantitative estimate of drug-likeness (QED) is 0.808. The lowest BCUT2D eigenvalue weighted by molar-refractivity contribution is 0.0765. The summed E-state index contributed by atoms with van der Waals surface area (Å²) in [7, 11) is 0. The predicted octanol–water partition coefficient (Wildman–Crippen LogP) is 2.50. The van der Waals surface area contributed by atoms with Crippen molar-refractivity contribution in [2.75, 3.05) is 13.1 Å². The molecule has 2 heterocycles. The average Bonchev–Trinajstić information content (AvgIpc) is 3.03. The molecule has 126 valence electrons. The lowest BCUT2D eigenvalue weighted by atomic mass is 10.1. The van der Waals surface area contributed by atoms with E-state index in [0.29, 0.717) is 18.8 Å². The molecule has 2 aromatic rings. The highest BCUT2D eigenvalue weighted by Gasteiger charge is 2.31. The number of halogens is 3. The second-order valence-corrected chi connectivity index (χ2v) is 5.52. The Morgan fingerprint density at radius 3 is 2.67 bits per heavy atom. The number of hydrogen-bond donors (Lipinski definition) is 0. The molecule has 0 spiro atoms. The molecule has 1 aliphatic rings. The minimum Gasteiger partial charge on any atom is -0.471 e. The number of carbonyl (C=O) groups is 1. The van der Waals surface area contributed by atoms with Gasteiger partial charge in [-0.1, -0.05) is 0 Å². The summed E-state index contributed by atoms with van der Waals surface area (Å²) in [4.78, 5) is 13.6. The summed E-state index contributed by atoms with van der Waals surface area (Å²) in [5.74, 6) is -4.83. The number of benzene rings is 1. The van der Waals surface area contributed by atoms with Gasteiger partial charge in [0.15, 0.2) is 17.5 Å². The summed E-state index contributed by atoms with van der Waals surface area (Å²) in [6.45, 7) is 2.32. The van der Waals surface area contributed by atoms with E-state index in [1.807, 2.05) is 0 Å². The minimum absolute atomic E-state index is 0.201. The summed E-state index contributed by atoms with van der Waals surface area (Å²) in [5, 5.41) is 7.75. The van der Waals surface area contributed by atoms with Gasteiger partial charge in [0.25, 0.3) is 5.91 Å². The van der Waals surface area contributed by atoms with Gasteiger partial charge in [0.2, 0.25) is 5.88 Å². The first-order valence-corrected chi connectivity index (χ1v) is 7.35. The van der Waals surface area contributed by atoms with Gasteiger partial charge < -0.3 is 9.64 Å². The maximum atomic E-state index is 13.7. The lowest BCUT2D eigenvalue weighted by Gasteiger charge is -2.17. The Morgan fingerprint density at radius 1 is 1.17 bits per heavy atom. The van der Waals surface area contributed by atoms with Gasteiger partial charge in [0, 0.05) is 19.0 Å². The first kappa shape index (κ1) is 16.2. The van der Waals surface area contributed by atoms with Crippen molar-refractivity contribution in [1.82, 2.24) is 15.1 Å². The zero-order chi connectivity index (χ0) is 17.3. The summed E-state index contributed by atoms with van der Waals surface area (Å²) < 4.78 is 45.6. The molecular formula is C16H14F3N3O2. The molecule has 0 radical (unpaired) electrons. The van der Waals surface area contributed by atoms with Gasteiger partial charge in [-0.2, -0.15) is 5.10 Å². The van der Waals surface area contributed by atoms with Crippen LogP contribution in [0, 0.1) is 24.4 Å². The normalized spacial score (nSPS) is 17.2. The summed E-state index contributed by atoms with van der Waals surface area (Å²) >= 11 is 0. The smallest absolute Gasteiger partial charge is 0.257 e. The van der Waals surface area contributed by atoms with E-state index in [1.165, 1.54) is 4.90 Å². The number of hydrogen-bond acceptors (Lipinski definition) is 4. The SMILES string of the molecule is Cc1ccc(O[C@H]2CCN(C(=O)c3ccc(F)c(F)c3F)C2)nn1. The molecular weight excluding hydrogens is 323 g/mol. The fourth-order valence-corrected chi connectivity index (χ4v) is 2.49. The maximum Gasteiger partial charge on any atom is 0.257 e. The van der Waals surface area contributed by atoms with Crippen molar-refractivity contribution in [3.8, 4) is 5.88 Å². The van der Waals surface area contributed by atoms with Crippen LogP contribution in [0.5, 0.6) is 5.88 Å². The summed E-state index contributed by atoms with van der Waals surface area (Å²) in [6, 6.07) is 5.09. The molecule has 0 unspecified atom stereocenters. The third-order valence-corrected chi connectivity index (χ3v) is 3.76. The van der Waals surface area contributed by atoms with Gasteiger partial charge in [0.1, 0.15) is 6.10 Å². The maximum absolute atomic E-state index is 13.7. The van der Waals surface area contributed by atoms with Gasteiger partial charge in [-0.05, 0) is 25.1 Å². The number of likely N-dealkylation sites (tertiary alicyclic amines) is 1. The van der Waals surface area contributed by atoms with Crippen LogP contribution in [0.2, 0.25) is 0 Å². The Morgan fingerprint density at radius 2 is 1.96 bits per heavy atom. The largest absolute Gasteiger partial charge is 0.471 e. The molecule has 1 saturated heterocycles. The molecule has 0 N–H and O–H groups in total. The van der Waals surface area contributed by atoms with Crippen LogP contribution in [0.3, 0.4) is 0 Å². The van der Waals surface area contributed by atoms with Crippen LogP contribution in [-0.2, 0) is 0 Å². The predicted molar refractivity (Wildman–Crippen MR) is 78.0 cm³/mol. The molecule has 0 aliphatic carbocycles. The number of rotatable bonds is 3. The lowest BCUT2D eigenvalue weighted by Crippen LogP contribution is -2.31. The minimum atomic E-state index is -1.65. The van der Waals surface area contributed by atoms with Crippen LogP contribution < -0.4 is 4.74 Å². The van der Waals surface area contributed by atoms with Crippen LogP contribution in [0.15, 0.2) is 24.3 Å². The Labute approximate surface area is 136 Å². The molecule has 1 atom stereocenters. The fraction of sp³-hybridized carbons (Fsp3) is 0.312. The number of ether oxygens (including phenoxy) is 1. The summed E-state index contributed by atoms with van der Waals surface area (Å²) in [6.07, 6.45) is 0.200. The van der Waals surface area contributed by atoms with Crippen LogP contribution in [-0.4, -0.2) is 40.2 Å². The van der Waals surface area contributed by atoms with E-state index in [-0.39, 0.29) is 12.6 Å². The number of aromatic nitrogens is 2. The van der Waals surface area contributed by atoms with Gasteiger partial charge in [-0.25, -0.2) is 13.2 Å². The highest BCUT2D eigenvalue weighted by molar-refractivity contribution is 5.94. The number of amides is 1. The second-order valence-electron chi connectivity index (χ2n) is 5.52. The molecule has 1 aromatic carbocycles. The topological polar surface area (TPSA) is 55.3 Å².